The van der Waals surface area contributed by atoms with Crippen LogP contribution in [0.1, 0.15) is 31.8 Å². The molecule has 0 aliphatic carbocycles. The molecule has 2 N–H and O–H groups in total. The van der Waals surface area contributed by atoms with Crippen LogP contribution in [0.4, 0.5) is 0 Å². The van der Waals surface area contributed by atoms with Gasteiger partial charge in [0.15, 0.2) is 0 Å². The minimum absolute atomic E-state index is 0. The van der Waals surface area contributed by atoms with Crippen molar-refractivity contribution in [2.75, 3.05) is 7.11 Å². The number of ether oxygens (including phenoxy) is 2. The molecule has 1 aromatic heterocycles. The van der Waals surface area contributed by atoms with Crippen LogP contribution in [0, 0.1) is 13.8 Å². The van der Waals surface area contributed by atoms with Crippen LogP contribution in [0.5, 0.6) is 17.2 Å². The van der Waals surface area contributed by atoms with Gasteiger partial charge in [0.25, 0.3) is 0 Å². The molecule has 0 spiro atoms. The number of carbonyl (C=O) groups is 2. The summed E-state index contributed by atoms with van der Waals surface area (Å²) in [6, 6.07) is 13.1. The Kier molecular flexibility index (Phi) is 6.60. The molecule has 170 valence electrons. The fourth-order valence-corrected chi connectivity index (χ4v) is 4.02. The quantitative estimate of drug-likeness (QED) is 0.184. The zero-order valence-corrected chi connectivity index (χ0v) is 20.1. The molecule has 4 rings (SSSR count). The molecule has 0 amide bonds. The van der Waals surface area contributed by atoms with Crippen LogP contribution in [-0.4, -0.2) is 29.3 Å². The standard InChI is InChI=1S/C25H21NO6.BrH/c1-13-9-15(24(28)29)10-14(2)23(13)32-25(30)22-18-7-5-16(27)11-21(18)26(3)20-8-6-17(31-4)12-19(20)22;/h5-12H,1-4H3,(H,28,29);1H. The van der Waals surface area contributed by atoms with Crippen molar-refractivity contribution < 1.29 is 50.8 Å². The van der Waals surface area contributed by atoms with Gasteiger partial charge in [-0.25, -0.2) is 9.59 Å². The smallest absolute Gasteiger partial charge is 0.345 e. The summed E-state index contributed by atoms with van der Waals surface area (Å²) in [5, 5.41) is 20.5. The summed E-state index contributed by atoms with van der Waals surface area (Å²) in [4.78, 5) is 24.8. The molecule has 1 heterocycles. The number of carboxylic acid groups (broad SMARTS) is 1. The SMILES string of the molecule is COc1ccc2c(c1)c(C(=O)Oc1c(C)cc(C(=O)O)cc1C)c1ccc(O)cc1[n+]2C.[Br-]. The van der Waals surface area contributed by atoms with Gasteiger partial charge in [-0.3, -0.25) is 0 Å². The van der Waals surface area contributed by atoms with Crippen molar-refractivity contribution in [3.8, 4) is 17.2 Å². The summed E-state index contributed by atoms with van der Waals surface area (Å²) in [6.07, 6.45) is 0. The number of esters is 1. The summed E-state index contributed by atoms with van der Waals surface area (Å²) in [7, 11) is 3.40. The van der Waals surface area contributed by atoms with Gasteiger partial charge in [-0.05, 0) is 61.4 Å². The van der Waals surface area contributed by atoms with Gasteiger partial charge in [-0.2, -0.15) is 4.57 Å². The van der Waals surface area contributed by atoms with Crippen molar-refractivity contribution >= 4 is 33.7 Å². The van der Waals surface area contributed by atoms with Crippen LogP contribution in [0.2, 0.25) is 0 Å². The van der Waals surface area contributed by atoms with Crippen LogP contribution in [0.15, 0.2) is 48.5 Å². The molecule has 0 radical (unpaired) electrons. The Labute approximate surface area is 200 Å². The molecule has 0 saturated heterocycles. The number of hydrogen-bond acceptors (Lipinski definition) is 5. The first-order valence-electron chi connectivity index (χ1n) is 9.90. The van der Waals surface area contributed by atoms with Crippen molar-refractivity contribution in [2.45, 2.75) is 13.8 Å². The van der Waals surface area contributed by atoms with Crippen molar-refractivity contribution in [3.63, 3.8) is 0 Å². The number of aromatic hydroxyl groups is 1. The number of halogens is 1. The largest absolute Gasteiger partial charge is 1.00 e. The zero-order valence-electron chi connectivity index (χ0n) is 18.5. The molecular formula is C25H22BrNO6. The number of carboxylic acids is 1. The van der Waals surface area contributed by atoms with Gasteiger partial charge < -0.3 is 36.7 Å². The van der Waals surface area contributed by atoms with Crippen molar-refractivity contribution in [1.29, 1.82) is 0 Å². The molecule has 0 aliphatic heterocycles. The van der Waals surface area contributed by atoms with Crippen LogP contribution < -0.4 is 31.0 Å². The molecule has 0 fully saturated rings. The molecule has 3 aromatic carbocycles. The maximum Gasteiger partial charge on any atom is 0.345 e. The number of pyridine rings is 1. The van der Waals surface area contributed by atoms with E-state index in [4.69, 9.17) is 9.47 Å². The van der Waals surface area contributed by atoms with Crippen molar-refractivity contribution in [3.05, 3.63) is 70.8 Å². The monoisotopic (exact) mass is 511 g/mol. The molecule has 4 aromatic rings. The Morgan fingerprint density at radius 1 is 0.909 bits per heavy atom. The summed E-state index contributed by atoms with van der Waals surface area (Å²) in [5.74, 6) is -0.655. The summed E-state index contributed by atoms with van der Waals surface area (Å²) < 4.78 is 13.1. The first-order chi connectivity index (χ1) is 15.2. The predicted molar refractivity (Wildman–Crippen MR) is 119 cm³/mol. The molecule has 0 aliphatic rings. The third-order valence-corrected chi connectivity index (χ3v) is 5.55. The summed E-state index contributed by atoms with van der Waals surface area (Å²) >= 11 is 0. The maximum atomic E-state index is 13.5. The first kappa shape index (κ1) is 24.0. The van der Waals surface area contributed by atoms with E-state index in [0.29, 0.717) is 44.5 Å². The Bertz CT molecular complexity index is 1410. The second kappa shape index (κ2) is 9.07. The van der Waals surface area contributed by atoms with E-state index in [-0.39, 0.29) is 28.3 Å². The molecule has 0 bridgehead atoms. The number of nitrogens with zero attached hydrogens (tertiary/aromatic N) is 1. The average Bonchev–Trinajstić information content (AvgIpc) is 2.76. The number of rotatable bonds is 4. The molecule has 0 atom stereocenters. The first-order valence-corrected chi connectivity index (χ1v) is 9.90. The summed E-state index contributed by atoms with van der Waals surface area (Å²) in [6.45, 7) is 3.40. The topological polar surface area (TPSA) is 96.9 Å². The van der Waals surface area contributed by atoms with E-state index in [9.17, 15) is 19.8 Å². The van der Waals surface area contributed by atoms with Crippen molar-refractivity contribution in [1.82, 2.24) is 0 Å². The number of carbonyl (C=O) groups excluding carboxylic acids is 1. The van der Waals surface area contributed by atoms with Gasteiger partial charge in [0, 0.05) is 6.07 Å². The molecule has 33 heavy (non-hydrogen) atoms. The molecule has 7 nitrogen and oxygen atoms in total. The highest BCUT2D eigenvalue weighted by molar-refractivity contribution is 6.13. The zero-order chi connectivity index (χ0) is 23.2. The van der Waals surface area contributed by atoms with E-state index in [2.05, 4.69) is 0 Å². The van der Waals surface area contributed by atoms with E-state index in [1.54, 1.807) is 45.2 Å². The number of benzene rings is 3. The third-order valence-electron chi connectivity index (χ3n) is 5.55. The van der Waals surface area contributed by atoms with Gasteiger partial charge in [-0.15, -0.1) is 0 Å². The number of aromatic carboxylic acids is 1. The van der Waals surface area contributed by atoms with Gasteiger partial charge in [0.2, 0.25) is 11.0 Å². The van der Waals surface area contributed by atoms with Crippen LogP contribution in [0.25, 0.3) is 21.8 Å². The normalized spacial score (nSPS) is 10.7. The summed E-state index contributed by atoms with van der Waals surface area (Å²) in [5.41, 5.74) is 2.95. The number of phenols is 1. The van der Waals surface area contributed by atoms with Crippen molar-refractivity contribution in [2.24, 2.45) is 7.05 Å². The lowest BCUT2D eigenvalue weighted by Crippen LogP contribution is -3.00. The molecule has 8 heteroatoms. The number of hydrogen-bond donors (Lipinski definition) is 2. The highest BCUT2D eigenvalue weighted by Crippen LogP contribution is 2.32. The number of aryl methyl sites for hydroxylation is 3. The van der Waals surface area contributed by atoms with E-state index in [1.165, 1.54) is 18.2 Å². The lowest BCUT2D eigenvalue weighted by molar-refractivity contribution is -0.617. The Morgan fingerprint density at radius 3 is 2.18 bits per heavy atom. The maximum absolute atomic E-state index is 13.5. The van der Waals surface area contributed by atoms with E-state index >= 15 is 0 Å². The average molecular weight is 512 g/mol. The number of methoxy groups -OCH3 is 1. The van der Waals surface area contributed by atoms with Crippen LogP contribution in [0.3, 0.4) is 0 Å². The molecule has 0 saturated carbocycles. The Hall–Kier alpha value is -3.65. The van der Waals surface area contributed by atoms with Gasteiger partial charge in [-0.1, -0.05) is 0 Å². The fourth-order valence-electron chi connectivity index (χ4n) is 4.02. The second-order valence-electron chi connectivity index (χ2n) is 7.65. The molecular weight excluding hydrogens is 490 g/mol. The highest BCUT2D eigenvalue weighted by Gasteiger charge is 2.26. The highest BCUT2D eigenvalue weighted by atomic mass is 79.9. The second-order valence-corrected chi connectivity index (χ2v) is 7.65. The predicted octanol–water partition coefficient (Wildman–Crippen LogP) is 1.07. The fraction of sp³-hybridized carbons (Fsp3) is 0.160. The lowest BCUT2D eigenvalue weighted by atomic mass is 10.0. The van der Waals surface area contributed by atoms with E-state index in [1.807, 2.05) is 17.7 Å². The van der Waals surface area contributed by atoms with Gasteiger partial charge >= 0.3 is 11.9 Å². The minimum atomic E-state index is -1.05. The lowest BCUT2D eigenvalue weighted by Gasteiger charge is -2.14. The van der Waals surface area contributed by atoms with Crippen LogP contribution >= 0.6 is 0 Å². The minimum Gasteiger partial charge on any atom is -1.00 e. The third kappa shape index (κ3) is 4.21. The number of phenolic OH excluding ortho intramolecular Hbond substituents is 1. The van der Waals surface area contributed by atoms with Crippen LogP contribution in [-0.2, 0) is 7.05 Å². The number of aromatic nitrogens is 1. The Morgan fingerprint density at radius 2 is 1.58 bits per heavy atom. The van der Waals surface area contributed by atoms with E-state index in [0.717, 1.165) is 5.52 Å². The van der Waals surface area contributed by atoms with E-state index < -0.39 is 11.9 Å². The number of fused-ring (bicyclic) bond motifs is 2. The van der Waals surface area contributed by atoms with Gasteiger partial charge in [0.05, 0.1) is 35.1 Å². The molecule has 0 unspecified atom stereocenters. The Balaban J connectivity index is 0.00000306. The van der Waals surface area contributed by atoms with Gasteiger partial charge in [0.1, 0.15) is 24.3 Å².